The number of imidazole rings is 1. The predicted molar refractivity (Wildman–Crippen MR) is 79.3 cm³/mol. The first kappa shape index (κ1) is 13.4. The van der Waals surface area contributed by atoms with Gasteiger partial charge in [-0.05, 0) is 18.2 Å². The van der Waals surface area contributed by atoms with Gasteiger partial charge in [-0.25, -0.2) is 9.78 Å². The molecule has 0 fully saturated rings. The largest absolute Gasteiger partial charge is 0.476 e. The Hall–Kier alpha value is -2.63. The first-order valence-corrected chi connectivity index (χ1v) is 6.73. The smallest absolute Gasteiger partial charge is 0.356 e. The van der Waals surface area contributed by atoms with Crippen LogP contribution in [-0.4, -0.2) is 30.8 Å². The second-order valence-corrected chi connectivity index (χ2v) is 5.35. The van der Waals surface area contributed by atoms with Gasteiger partial charge in [-0.2, -0.15) is 5.10 Å². The molecule has 0 radical (unpaired) electrons. The lowest BCUT2D eigenvalue weighted by atomic mass is 10.1. The fourth-order valence-corrected chi connectivity index (χ4v) is 2.30. The summed E-state index contributed by atoms with van der Waals surface area (Å²) < 4.78 is 1.57. The van der Waals surface area contributed by atoms with Crippen molar-refractivity contribution in [3.63, 3.8) is 0 Å². The second kappa shape index (κ2) is 4.73. The lowest BCUT2D eigenvalue weighted by Crippen LogP contribution is -1.99. The second-order valence-electron chi connectivity index (χ2n) is 5.35. The molecule has 0 saturated heterocycles. The molecule has 0 saturated carbocycles. The van der Waals surface area contributed by atoms with Crippen LogP contribution in [0.3, 0.4) is 0 Å². The SMILES string of the molecule is CC(C)c1nc2ccc(-c3cc(C(=O)O)nn3C)cc2[nH]1. The number of benzene rings is 1. The first-order chi connectivity index (χ1) is 9.95. The van der Waals surface area contributed by atoms with Crippen LogP contribution < -0.4 is 0 Å². The number of nitrogens with zero attached hydrogens (tertiary/aromatic N) is 3. The van der Waals surface area contributed by atoms with Crippen molar-refractivity contribution >= 4 is 17.0 Å². The van der Waals surface area contributed by atoms with Crippen LogP contribution in [-0.2, 0) is 7.05 Å². The molecule has 21 heavy (non-hydrogen) atoms. The molecular weight excluding hydrogens is 268 g/mol. The van der Waals surface area contributed by atoms with E-state index in [-0.39, 0.29) is 5.69 Å². The van der Waals surface area contributed by atoms with E-state index in [0.29, 0.717) is 5.92 Å². The number of aromatic amines is 1. The van der Waals surface area contributed by atoms with Gasteiger partial charge in [0.25, 0.3) is 0 Å². The molecule has 3 aromatic rings. The number of aromatic nitrogens is 4. The molecule has 0 amide bonds. The average Bonchev–Trinajstić information content (AvgIpc) is 3.01. The summed E-state index contributed by atoms with van der Waals surface area (Å²) in [5.41, 5.74) is 3.55. The Morgan fingerprint density at radius 2 is 2.10 bits per heavy atom. The van der Waals surface area contributed by atoms with Crippen molar-refractivity contribution in [3.8, 4) is 11.3 Å². The van der Waals surface area contributed by atoms with Crippen molar-refractivity contribution < 1.29 is 9.90 Å². The zero-order valence-electron chi connectivity index (χ0n) is 12.1. The minimum atomic E-state index is -1.03. The fourth-order valence-electron chi connectivity index (χ4n) is 2.30. The van der Waals surface area contributed by atoms with Gasteiger partial charge in [-0.3, -0.25) is 4.68 Å². The highest BCUT2D eigenvalue weighted by Crippen LogP contribution is 2.25. The van der Waals surface area contributed by atoms with Gasteiger partial charge in [0.15, 0.2) is 5.69 Å². The zero-order valence-corrected chi connectivity index (χ0v) is 12.1. The Balaban J connectivity index is 2.10. The highest BCUT2D eigenvalue weighted by molar-refractivity contribution is 5.88. The Morgan fingerprint density at radius 1 is 1.33 bits per heavy atom. The van der Waals surface area contributed by atoms with E-state index < -0.39 is 5.97 Å². The molecule has 1 aromatic carbocycles. The minimum Gasteiger partial charge on any atom is -0.476 e. The third kappa shape index (κ3) is 2.29. The number of rotatable bonds is 3. The molecule has 2 N–H and O–H groups in total. The van der Waals surface area contributed by atoms with E-state index in [2.05, 4.69) is 28.9 Å². The molecule has 3 rings (SSSR count). The topological polar surface area (TPSA) is 83.8 Å². The number of carbonyl (C=O) groups is 1. The van der Waals surface area contributed by atoms with Crippen LogP contribution in [0.15, 0.2) is 24.3 Å². The number of fused-ring (bicyclic) bond motifs is 1. The van der Waals surface area contributed by atoms with Crippen molar-refractivity contribution in [2.45, 2.75) is 19.8 Å². The van der Waals surface area contributed by atoms with Crippen LogP contribution in [0.4, 0.5) is 0 Å². The summed E-state index contributed by atoms with van der Waals surface area (Å²) in [7, 11) is 1.73. The van der Waals surface area contributed by atoms with Crippen LogP contribution in [0.25, 0.3) is 22.3 Å². The summed E-state index contributed by atoms with van der Waals surface area (Å²) in [6.07, 6.45) is 0. The standard InChI is InChI=1S/C15H16N4O2/c1-8(2)14-16-10-5-4-9(6-11(10)17-14)13-7-12(15(20)21)18-19(13)3/h4-8H,1-3H3,(H,16,17)(H,20,21). The number of nitrogens with one attached hydrogen (secondary N) is 1. The molecular formula is C15H16N4O2. The van der Waals surface area contributed by atoms with E-state index in [1.54, 1.807) is 17.8 Å². The third-order valence-electron chi connectivity index (χ3n) is 3.44. The summed E-state index contributed by atoms with van der Waals surface area (Å²) in [6, 6.07) is 7.40. The van der Waals surface area contributed by atoms with Crippen LogP contribution >= 0.6 is 0 Å². The lowest BCUT2D eigenvalue weighted by Gasteiger charge is -2.01. The molecule has 0 atom stereocenters. The van der Waals surface area contributed by atoms with Crippen LogP contribution in [0, 0.1) is 0 Å². The maximum absolute atomic E-state index is 11.0. The number of hydrogen-bond donors (Lipinski definition) is 2. The van der Waals surface area contributed by atoms with Gasteiger partial charge in [0.1, 0.15) is 5.82 Å². The van der Waals surface area contributed by atoms with Gasteiger partial charge >= 0.3 is 5.97 Å². The van der Waals surface area contributed by atoms with Crippen molar-refractivity contribution in [2.75, 3.05) is 0 Å². The van der Waals surface area contributed by atoms with E-state index in [4.69, 9.17) is 5.11 Å². The highest BCUT2D eigenvalue weighted by Gasteiger charge is 2.14. The van der Waals surface area contributed by atoms with Crippen LogP contribution in [0.5, 0.6) is 0 Å². The van der Waals surface area contributed by atoms with Crippen molar-refractivity contribution in [1.29, 1.82) is 0 Å². The van der Waals surface area contributed by atoms with Crippen LogP contribution in [0.2, 0.25) is 0 Å². The Kier molecular flexibility index (Phi) is 3.01. The molecule has 0 aliphatic carbocycles. The number of aryl methyl sites for hydroxylation is 1. The normalized spacial score (nSPS) is 11.4. The van der Waals surface area contributed by atoms with Gasteiger partial charge in [-0.15, -0.1) is 0 Å². The maximum atomic E-state index is 11.0. The maximum Gasteiger partial charge on any atom is 0.356 e. The summed E-state index contributed by atoms with van der Waals surface area (Å²) in [5, 5.41) is 13.0. The summed E-state index contributed by atoms with van der Waals surface area (Å²) in [6.45, 7) is 4.16. The minimum absolute atomic E-state index is 0.0417. The third-order valence-corrected chi connectivity index (χ3v) is 3.44. The van der Waals surface area contributed by atoms with Gasteiger partial charge in [0.2, 0.25) is 0 Å². The van der Waals surface area contributed by atoms with Gasteiger partial charge in [0, 0.05) is 18.5 Å². The summed E-state index contributed by atoms with van der Waals surface area (Å²) >= 11 is 0. The lowest BCUT2D eigenvalue weighted by molar-refractivity contribution is 0.0689. The zero-order chi connectivity index (χ0) is 15.1. The highest BCUT2D eigenvalue weighted by atomic mass is 16.4. The van der Waals surface area contributed by atoms with Crippen molar-refractivity contribution in [2.24, 2.45) is 7.05 Å². The molecule has 6 heteroatoms. The number of hydrogen-bond acceptors (Lipinski definition) is 3. The van der Waals surface area contributed by atoms with E-state index in [0.717, 1.165) is 28.1 Å². The van der Waals surface area contributed by atoms with E-state index in [1.165, 1.54) is 0 Å². The van der Waals surface area contributed by atoms with E-state index >= 15 is 0 Å². The molecule has 0 unspecified atom stereocenters. The number of aromatic carboxylic acids is 1. The average molecular weight is 284 g/mol. The van der Waals surface area contributed by atoms with Gasteiger partial charge < -0.3 is 10.1 Å². The van der Waals surface area contributed by atoms with E-state index in [9.17, 15) is 4.79 Å². The summed E-state index contributed by atoms with van der Waals surface area (Å²) in [5.74, 6) is 0.246. The Morgan fingerprint density at radius 3 is 2.71 bits per heavy atom. The number of H-pyrrole nitrogens is 1. The van der Waals surface area contributed by atoms with Gasteiger partial charge in [-0.1, -0.05) is 19.9 Å². The Labute approximate surface area is 121 Å². The Bertz CT molecular complexity index is 829. The van der Waals surface area contributed by atoms with Crippen LogP contribution in [0.1, 0.15) is 36.1 Å². The number of carboxylic acids is 1. The number of carboxylic acid groups (broad SMARTS) is 1. The molecule has 2 aromatic heterocycles. The molecule has 0 aliphatic rings. The monoisotopic (exact) mass is 284 g/mol. The summed E-state index contributed by atoms with van der Waals surface area (Å²) in [4.78, 5) is 18.8. The quantitative estimate of drug-likeness (QED) is 0.774. The predicted octanol–water partition coefficient (Wildman–Crippen LogP) is 2.79. The molecule has 0 spiro atoms. The molecule has 2 heterocycles. The van der Waals surface area contributed by atoms with E-state index in [1.807, 2.05) is 18.2 Å². The first-order valence-electron chi connectivity index (χ1n) is 6.73. The van der Waals surface area contributed by atoms with Crippen molar-refractivity contribution in [1.82, 2.24) is 19.7 Å². The molecule has 6 nitrogen and oxygen atoms in total. The molecule has 0 aliphatic heterocycles. The molecule has 108 valence electrons. The molecule has 0 bridgehead atoms. The van der Waals surface area contributed by atoms with Crippen molar-refractivity contribution in [3.05, 3.63) is 35.8 Å². The van der Waals surface area contributed by atoms with Gasteiger partial charge in [0.05, 0.1) is 16.7 Å². The fraction of sp³-hybridized carbons (Fsp3) is 0.267.